The number of amides is 2. The van der Waals surface area contributed by atoms with Crippen LogP contribution in [0.5, 0.6) is 11.5 Å². The summed E-state index contributed by atoms with van der Waals surface area (Å²) < 4.78 is 5.08. The molecule has 2 N–H and O–H groups in total. The molecule has 2 amide bonds. The summed E-state index contributed by atoms with van der Waals surface area (Å²) in [5.41, 5.74) is 0.965. The maximum atomic E-state index is 12.5. The molecule has 0 spiro atoms. The molecule has 3 rings (SSSR count). The zero-order chi connectivity index (χ0) is 17.3. The quantitative estimate of drug-likeness (QED) is 0.832. The number of methoxy groups -OCH3 is 1. The topological polar surface area (TPSA) is 78.9 Å². The molecular weight excluding hydrogens is 332 g/mol. The van der Waals surface area contributed by atoms with Crippen molar-refractivity contribution in [2.75, 3.05) is 17.3 Å². The Balaban J connectivity index is 1.80. The van der Waals surface area contributed by atoms with Gasteiger partial charge in [0.15, 0.2) is 0 Å². The lowest BCUT2D eigenvalue weighted by atomic mass is 10.2. The number of phenols is 1. The maximum Gasteiger partial charge on any atom is 0.256 e. The molecule has 24 heavy (non-hydrogen) atoms. The van der Waals surface area contributed by atoms with Crippen molar-refractivity contribution in [3.05, 3.63) is 47.5 Å². The first-order valence-electron chi connectivity index (χ1n) is 7.25. The first kappa shape index (κ1) is 16.1. The van der Waals surface area contributed by atoms with E-state index in [0.717, 1.165) is 4.90 Å². The maximum absolute atomic E-state index is 12.5. The van der Waals surface area contributed by atoms with Crippen LogP contribution in [0.15, 0.2) is 42.5 Å². The third kappa shape index (κ3) is 3.00. The molecule has 1 saturated heterocycles. The molecule has 1 heterocycles. The van der Waals surface area contributed by atoms with E-state index in [2.05, 4.69) is 5.32 Å². The number of nitrogens with one attached hydrogen (secondary N) is 1. The highest BCUT2D eigenvalue weighted by atomic mass is 35.5. The van der Waals surface area contributed by atoms with Crippen LogP contribution in [0, 0.1) is 0 Å². The molecule has 1 aliphatic rings. The van der Waals surface area contributed by atoms with Gasteiger partial charge < -0.3 is 15.2 Å². The highest BCUT2D eigenvalue weighted by Gasteiger charge is 2.39. The number of anilines is 2. The Morgan fingerprint density at radius 1 is 1.25 bits per heavy atom. The van der Waals surface area contributed by atoms with Crippen molar-refractivity contribution in [1.82, 2.24) is 0 Å². The van der Waals surface area contributed by atoms with Gasteiger partial charge in [0.2, 0.25) is 5.91 Å². The largest absolute Gasteiger partial charge is 0.508 e. The van der Waals surface area contributed by atoms with Crippen molar-refractivity contribution in [2.24, 2.45) is 0 Å². The van der Waals surface area contributed by atoms with Gasteiger partial charge in [0.25, 0.3) is 5.91 Å². The summed E-state index contributed by atoms with van der Waals surface area (Å²) in [4.78, 5) is 25.8. The molecule has 6 nitrogen and oxygen atoms in total. The molecule has 7 heteroatoms. The molecule has 1 atom stereocenters. The predicted octanol–water partition coefficient (Wildman–Crippen LogP) is 2.80. The molecule has 1 fully saturated rings. The number of hydrogen-bond acceptors (Lipinski definition) is 5. The van der Waals surface area contributed by atoms with Crippen LogP contribution in [0.25, 0.3) is 0 Å². The van der Waals surface area contributed by atoms with Gasteiger partial charge in [-0.05, 0) is 30.3 Å². The Hall–Kier alpha value is -2.73. The number of benzene rings is 2. The molecule has 1 aliphatic heterocycles. The SMILES string of the molecule is COc1ccc(NC2CC(=O)N(c3cccc(O)c3)C2=O)cc1Cl. The summed E-state index contributed by atoms with van der Waals surface area (Å²) in [7, 11) is 1.51. The minimum atomic E-state index is -0.690. The van der Waals surface area contributed by atoms with Crippen LogP contribution in [0.2, 0.25) is 5.02 Å². The highest BCUT2D eigenvalue weighted by molar-refractivity contribution is 6.32. The van der Waals surface area contributed by atoms with Crippen LogP contribution in [0.1, 0.15) is 6.42 Å². The average Bonchev–Trinajstić information content (AvgIpc) is 2.81. The van der Waals surface area contributed by atoms with E-state index in [4.69, 9.17) is 16.3 Å². The fraction of sp³-hybridized carbons (Fsp3) is 0.176. The van der Waals surface area contributed by atoms with Gasteiger partial charge in [-0.3, -0.25) is 9.59 Å². The molecule has 0 aromatic heterocycles. The second-order valence-corrected chi connectivity index (χ2v) is 5.74. The van der Waals surface area contributed by atoms with Crippen molar-refractivity contribution < 1.29 is 19.4 Å². The van der Waals surface area contributed by atoms with E-state index in [1.165, 1.54) is 19.2 Å². The molecular formula is C17H15ClN2O4. The lowest BCUT2D eigenvalue weighted by Gasteiger charge is -2.16. The third-order valence-electron chi connectivity index (χ3n) is 3.73. The van der Waals surface area contributed by atoms with E-state index in [-0.39, 0.29) is 24.0 Å². The van der Waals surface area contributed by atoms with Crippen LogP contribution in [-0.2, 0) is 9.59 Å². The van der Waals surface area contributed by atoms with E-state index in [1.54, 1.807) is 30.3 Å². The lowest BCUT2D eigenvalue weighted by Crippen LogP contribution is -2.34. The van der Waals surface area contributed by atoms with Crippen LogP contribution in [0.3, 0.4) is 0 Å². The summed E-state index contributed by atoms with van der Waals surface area (Å²) in [5.74, 6) is -0.191. The Labute approximate surface area is 143 Å². The third-order valence-corrected chi connectivity index (χ3v) is 4.02. The lowest BCUT2D eigenvalue weighted by molar-refractivity contribution is -0.121. The number of rotatable bonds is 4. The Kier molecular flexibility index (Phi) is 4.31. The van der Waals surface area contributed by atoms with Crippen LogP contribution in [-0.4, -0.2) is 30.1 Å². The molecule has 1 unspecified atom stereocenters. The normalized spacial score (nSPS) is 17.2. The van der Waals surface area contributed by atoms with Crippen molar-refractivity contribution in [3.8, 4) is 11.5 Å². The van der Waals surface area contributed by atoms with E-state index < -0.39 is 6.04 Å². The van der Waals surface area contributed by atoms with E-state index in [1.807, 2.05) is 0 Å². The number of nitrogens with zero attached hydrogens (tertiary/aromatic N) is 1. The number of ether oxygens (including phenoxy) is 1. The van der Waals surface area contributed by atoms with Crippen molar-refractivity contribution in [1.29, 1.82) is 0 Å². The molecule has 0 saturated carbocycles. The Bertz CT molecular complexity index is 809. The van der Waals surface area contributed by atoms with Crippen LogP contribution >= 0.6 is 11.6 Å². The van der Waals surface area contributed by atoms with E-state index >= 15 is 0 Å². The summed E-state index contributed by atoms with van der Waals surface area (Å²) in [6.45, 7) is 0. The number of carbonyl (C=O) groups excluding carboxylic acids is 2. The summed E-state index contributed by atoms with van der Waals surface area (Å²) in [6, 6.07) is 10.4. The fourth-order valence-corrected chi connectivity index (χ4v) is 2.86. The number of aromatic hydroxyl groups is 1. The number of carbonyl (C=O) groups is 2. The Morgan fingerprint density at radius 3 is 2.71 bits per heavy atom. The summed E-state index contributed by atoms with van der Waals surface area (Å²) >= 11 is 6.07. The van der Waals surface area contributed by atoms with Gasteiger partial charge in [-0.15, -0.1) is 0 Å². The van der Waals surface area contributed by atoms with Gasteiger partial charge in [0.05, 0.1) is 24.2 Å². The van der Waals surface area contributed by atoms with Crippen LogP contribution in [0.4, 0.5) is 11.4 Å². The van der Waals surface area contributed by atoms with Crippen molar-refractivity contribution in [3.63, 3.8) is 0 Å². The number of halogens is 1. The minimum absolute atomic E-state index is 0.00792. The van der Waals surface area contributed by atoms with Gasteiger partial charge in [-0.1, -0.05) is 17.7 Å². The number of hydrogen-bond donors (Lipinski definition) is 2. The second-order valence-electron chi connectivity index (χ2n) is 5.34. The van der Waals surface area contributed by atoms with Crippen LogP contribution < -0.4 is 15.0 Å². The summed E-state index contributed by atoms with van der Waals surface area (Å²) in [6.07, 6.45) is 0.0259. The first-order chi connectivity index (χ1) is 11.5. The average molecular weight is 347 g/mol. The highest BCUT2D eigenvalue weighted by Crippen LogP contribution is 2.30. The van der Waals surface area contributed by atoms with Crippen molar-refractivity contribution >= 4 is 34.8 Å². The molecule has 0 bridgehead atoms. The molecule has 2 aromatic carbocycles. The minimum Gasteiger partial charge on any atom is -0.508 e. The smallest absolute Gasteiger partial charge is 0.256 e. The summed E-state index contributed by atoms with van der Waals surface area (Å²) in [5, 5.41) is 13.0. The number of imide groups is 1. The van der Waals surface area contributed by atoms with Gasteiger partial charge >= 0.3 is 0 Å². The number of phenolic OH excluding ortho intramolecular Hbond substituents is 1. The Morgan fingerprint density at radius 2 is 2.04 bits per heavy atom. The zero-order valence-corrected chi connectivity index (χ0v) is 13.6. The van der Waals surface area contributed by atoms with Gasteiger partial charge in [0, 0.05) is 11.8 Å². The predicted molar refractivity (Wildman–Crippen MR) is 90.6 cm³/mol. The molecule has 2 aromatic rings. The van der Waals surface area contributed by atoms with Crippen molar-refractivity contribution in [2.45, 2.75) is 12.5 Å². The first-order valence-corrected chi connectivity index (χ1v) is 7.63. The van der Waals surface area contributed by atoms with E-state index in [9.17, 15) is 14.7 Å². The van der Waals surface area contributed by atoms with Gasteiger partial charge in [-0.25, -0.2) is 4.90 Å². The molecule has 0 aliphatic carbocycles. The van der Waals surface area contributed by atoms with Gasteiger partial charge in [-0.2, -0.15) is 0 Å². The standard InChI is InChI=1S/C17H15ClN2O4/c1-24-15-6-5-10(7-13(15)18)19-14-9-16(22)20(17(14)23)11-3-2-4-12(21)8-11/h2-8,14,19,21H,9H2,1H3. The molecule has 124 valence electrons. The second kappa shape index (κ2) is 6.41. The fourth-order valence-electron chi connectivity index (χ4n) is 2.61. The molecule has 0 radical (unpaired) electrons. The zero-order valence-electron chi connectivity index (χ0n) is 12.8. The monoisotopic (exact) mass is 346 g/mol. The van der Waals surface area contributed by atoms with Gasteiger partial charge in [0.1, 0.15) is 17.5 Å². The van der Waals surface area contributed by atoms with E-state index in [0.29, 0.717) is 22.1 Å².